The first-order chi connectivity index (χ1) is 10.5. The third-order valence-electron chi connectivity index (χ3n) is 3.19. The first-order valence-corrected chi connectivity index (χ1v) is 7.02. The summed E-state index contributed by atoms with van der Waals surface area (Å²) in [5, 5.41) is 0. The van der Waals surface area contributed by atoms with Gasteiger partial charge in [-0.3, -0.25) is 0 Å². The van der Waals surface area contributed by atoms with Gasteiger partial charge in [0.2, 0.25) is 0 Å². The highest BCUT2D eigenvalue weighted by Gasteiger charge is 2.11. The first-order valence-electron chi connectivity index (χ1n) is 7.02. The van der Waals surface area contributed by atoms with Gasteiger partial charge in [-0.2, -0.15) is 0 Å². The molecule has 0 saturated heterocycles. The van der Waals surface area contributed by atoms with Crippen molar-refractivity contribution in [2.45, 2.75) is 12.8 Å². The van der Waals surface area contributed by atoms with Crippen LogP contribution in [-0.4, -0.2) is 25.5 Å². The fourth-order valence-corrected chi connectivity index (χ4v) is 2.11. The molecule has 22 heavy (non-hydrogen) atoms. The summed E-state index contributed by atoms with van der Waals surface area (Å²) < 4.78 is 45.5. The lowest BCUT2D eigenvalue weighted by atomic mass is 10.1. The van der Waals surface area contributed by atoms with Gasteiger partial charge in [-0.15, -0.1) is 0 Å². The topological polar surface area (TPSA) is 12.5 Å². The maximum Gasteiger partial charge on any atom is 0.168 e. The smallest absolute Gasteiger partial charge is 0.168 e. The number of ether oxygens (including phenoxy) is 1. The Hall–Kier alpha value is -2.01. The van der Waals surface area contributed by atoms with Gasteiger partial charge < -0.3 is 9.64 Å². The van der Waals surface area contributed by atoms with Gasteiger partial charge in [-0.25, -0.2) is 13.2 Å². The van der Waals surface area contributed by atoms with Crippen LogP contribution in [0.2, 0.25) is 0 Å². The quantitative estimate of drug-likeness (QED) is 0.784. The summed E-state index contributed by atoms with van der Waals surface area (Å²) in [5.74, 6) is -1.53. The second-order valence-electron chi connectivity index (χ2n) is 5.34. The van der Waals surface area contributed by atoms with Crippen molar-refractivity contribution >= 4 is 0 Å². The van der Waals surface area contributed by atoms with Gasteiger partial charge in [-0.05, 0) is 69.4 Å². The van der Waals surface area contributed by atoms with E-state index in [0.717, 1.165) is 25.1 Å². The highest BCUT2D eigenvalue weighted by Crippen LogP contribution is 2.29. The molecule has 0 aromatic heterocycles. The lowest BCUT2D eigenvalue weighted by Gasteiger charge is -2.13. The van der Waals surface area contributed by atoms with E-state index in [1.54, 1.807) is 0 Å². The van der Waals surface area contributed by atoms with Gasteiger partial charge in [-0.1, -0.05) is 0 Å². The molecule has 5 heteroatoms. The number of rotatable bonds is 6. The van der Waals surface area contributed by atoms with Crippen molar-refractivity contribution in [3.8, 4) is 11.5 Å². The van der Waals surface area contributed by atoms with Crippen molar-refractivity contribution < 1.29 is 17.9 Å². The lowest BCUT2D eigenvalue weighted by Crippen LogP contribution is -2.13. The molecule has 2 rings (SSSR count). The highest BCUT2D eigenvalue weighted by molar-refractivity contribution is 5.39. The Morgan fingerprint density at radius 2 is 1.55 bits per heavy atom. The Bertz CT molecular complexity index is 644. The van der Waals surface area contributed by atoms with E-state index < -0.39 is 11.6 Å². The van der Waals surface area contributed by atoms with E-state index in [1.165, 1.54) is 24.3 Å². The van der Waals surface area contributed by atoms with E-state index >= 15 is 0 Å². The average Bonchev–Trinajstić information content (AvgIpc) is 2.44. The van der Waals surface area contributed by atoms with E-state index in [1.807, 2.05) is 19.0 Å². The Morgan fingerprint density at radius 3 is 2.18 bits per heavy atom. The molecule has 0 bridgehead atoms. The van der Waals surface area contributed by atoms with Crippen molar-refractivity contribution in [2.24, 2.45) is 0 Å². The Morgan fingerprint density at radius 1 is 0.909 bits per heavy atom. The molecule has 0 unspecified atom stereocenters. The highest BCUT2D eigenvalue weighted by atomic mass is 19.1. The Labute approximate surface area is 128 Å². The van der Waals surface area contributed by atoms with Crippen LogP contribution in [0.15, 0.2) is 36.4 Å². The standard InChI is InChI=1S/C17H18F3NO/c1-21(2)9-3-4-12-10-13(18)5-7-16(12)22-17-8-6-14(19)11-15(17)20/h5-8,10-11H,3-4,9H2,1-2H3. The third kappa shape index (κ3) is 4.49. The fourth-order valence-electron chi connectivity index (χ4n) is 2.11. The van der Waals surface area contributed by atoms with Gasteiger partial charge in [0.05, 0.1) is 0 Å². The molecule has 0 spiro atoms. The third-order valence-corrected chi connectivity index (χ3v) is 3.19. The largest absolute Gasteiger partial charge is 0.454 e. The summed E-state index contributed by atoms with van der Waals surface area (Å²) in [7, 11) is 3.91. The molecule has 0 aliphatic heterocycles. The van der Waals surface area contributed by atoms with Crippen LogP contribution in [0.1, 0.15) is 12.0 Å². The molecule has 0 radical (unpaired) electrons. The summed E-state index contributed by atoms with van der Waals surface area (Å²) in [6, 6.07) is 7.19. The maximum absolute atomic E-state index is 13.7. The monoisotopic (exact) mass is 309 g/mol. The van der Waals surface area contributed by atoms with E-state index in [2.05, 4.69) is 0 Å². The molecule has 0 atom stereocenters. The lowest BCUT2D eigenvalue weighted by molar-refractivity contribution is 0.396. The van der Waals surface area contributed by atoms with Gasteiger partial charge in [0, 0.05) is 6.07 Å². The zero-order valence-electron chi connectivity index (χ0n) is 12.6. The van der Waals surface area contributed by atoms with E-state index in [9.17, 15) is 13.2 Å². The fraction of sp³-hybridized carbons (Fsp3) is 0.294. The number of halogens is 3. The Balaban J connectivity index is 2.18. The van der Waals surface area contributed by atoms with E-state index in [0.29, 0.717) is 17.7 Å². The molecule has 0 fully saturated rings. The summed E-state index contributed by atoms with van der Waals surface area (Å²) in [4.78, 5) is 2.03. The van der Waals surface area contributed by atoms with Crippen LogP contribution in [0.4, 0.5) is 13.2 Å². The second-order valence-corrected chi connectivity index (χ2v) is 5.34. The SMILES string of the molecule is CN(C)CCCc1cc(F)ccc1Oc1ccc(F)cc1F. The molecular weight excluding hydrogens is 291 g/mol. The summed E-state index contributed by atoms with van der Waals surface area (Å²) in [5.41, 5.74) is 0.658. The molecule has 2 nitrogen and oxygen atoms in total. The van der Waals surface area contributed by atoms with Crippen LogP contribution in [0.5, 0.6) is 11.5 Å². The van der Waals surface area contributed by atoms with Crippen LogP contribution in [0, 0.1) is 17.5 Å². The van der Waals surface area contributed by atoms with Crippen LogP contribution < -0.4 is 4.74 Å². The molecule has 118 valence electrons. The van der Waals surface area contributed by atoms with Gasteiger partial charge >= 0.3 is 0 Å². The molecule has 0 amide bonds. The number of nitrogens with zero attached hydrogens (tertiary/aromatic N) is 1. The predicted molar refractivity (Wildman–Crippen MR) is 79.7 cm³/mol. The predicted octanol–water partition coefficient (Wildman–Crippen LogP) is 4.39. The normalized spacial score (nSPS) is 11.0. The number of aryl methyl sites for hydroxylation is 1. The maximum atomic E-state index is 13.7. The van der Waals surface area contributed by atoms with Crippen LogP contribution in [0.3, 0.4) is 0 Å². The molecule has 0 saturated carbocycles. The van der Waals surface area contributed by atoms with Crippen LogP contribution >= 0.6 is 0 Å². The van der Waals surface area contributed by atoms with Crippen molar-refractivity contribution in [3.63, 3.8) is 0 Å². The minimum atomic E-state index is -0.788. The molecule has 0 N–H and O–H groups in total. The molecule has 0 aliphatic rings. The van der Waals surface area contributed by atoms with Crippen LogP contribution in [0.25, 0.3) is 0 Å². The second kappa shape index (κ2) is 7.31. The molecule has 2 aromatic carbocycles. The minimum Gasteiger partial charge on any atom is -0.454 e. The van der Waals surface area contributed by atoms with Gasteiger partial charge in [0.25, 0.3) is 0 Å². The first kappa shape index (κ1) is 16.4. The van der Waals surface area contributed by atoms with Crippen LogP contribution in [-0.2, 0) is 6.42 Å². The molecule has 0 aliphatic carbocycles. The Kier molecular flexibility index (Phi) is 5.44. The summed E-state index contributed by atoms with van der Waals surface area (Å²) in [6.45, 7) is 0.848. The average molecular weight is 309 g/mol. The van der Waals surface area contributed by atoms with Crippen molar-refractivity contribution in [2.75, 3.05) is 20.6 Å². The van der Waals surface area contributed by atoms with Crippen molar-refractivity contribution in [3.05, 3.63) is 59.4 Å². The molecule has 0 heterocycles. The van der Waals surface area contributed by atoms with E-state index in [-0.39, 0.29) is 11.6 Å². The number of hydrogen-bond donors (Lipinski definition) is 0. The van der Waals surface area contributed by atoms with Gasteiger partial charge in [0.15, 0.2) is 11.6 Å². The number of hydrogen-bond acceptors (Lipinski definition) is 2. The summed E-state index contributed by atoms with van der Waals surface area (Å²) >= 11 is 0. The summed E-state index contributed by atoms with van der Waals surface area (Å²) in [6.07, 6.45) is 1.42. The molecular formula is C17H18F3NO. The zero-order chi connectivity index (χ0) is 16.1. The van der Waals surface area contributed by atoms with Crippen molar-refractivity contribution in [1.29, 1.82) is 0 Å². The zero-order valence-corrected chi connectivity index (χ0v) is 12.6. The van der Waals surface area contributed by atoms with Gasteiger partial charge in [0.1, 0.15) is 17.4 Å². The van der Waals surface area contributed by atoms with Crippen molar-refractivity contribution in [1.82, 2.24) is 4.90 Å². The molecule has 2 aromatic rings. The minimum absolute atomic E-state index is 0.0816. The van der Waals surface area contributed by atoms with E-state index in [4.69, 9.17) is 4.74 Å². The number of benzene rings is 2.